The Morgan fingerprint density at radius 2 is 2.06 bits per heavy atom. The third-order valence-electron chi connectivity index (χ3n) is 3.83. The molecular formula is C11H22N2O3S. The molecule has 3 unspecified atom stereocenters. The minimum absolute atomic E-state index is 0.0425. The summed E-state index contributed by atoms with van der Waals surface area (Å²) >= 11 is 0. The van der Waals surface area contributed by atoms with Crippen LogP contribution < -0.4 is 10.5 Å². The fourth-order valence-corrected chi connectivity index (χ4v) is 4.24. The van der Waals surface area contributed by atoms with E-state index in [0.717, 1.165) is 12.3 Å². The molecule has 5 nitrogen and oxygen atoms in total. The molecule has 6 heteroatoms. The molecule has 0 aromatic carbocycles. The van der Waals surface area contributed by atoms with Gasteiger partial charge in [0.1, 0.15) is 0 Å². The van der Waals surface area contributed by atoms with Crippen LogP contribution in [0.15, 0.2) is 0 Å². The Hall–Kier alpha value is -0.170. The van der Waals surface area contributed by atoms with Gasteiger partial charge in [0.05, 0.1) is 19.0 Å². The first-order valence-corrected chi connectivity index (χ1v) is 8.04. The molecule has 2 rings (SSSR count). The topological polar surface area (TPSA) is 81.4 Å². The highest BCUT2D eigenvalue weighted by atomic mass is 32.2. The van der Waals surface area contributed by atoms with Crippen molar-refractivity contribution in [2.75, 3.05) is 25.5 Å². The summed E-state index contributed by atoms with van der Waals surface area (Å²) in [5, 5.41) is 0. The van der Waals surface area contributed by atoms with Gasteiger partial charge in [-0.1, -0.05) is 6.42 Å². The van der Waals surface area contributed by atoms with Crippen molar-refractivity contribution in [1.82, 2.24) is 4.72 Å². The van der Waals surface area contributed by atoms with E-state index < -0.39 is 10.0 Å². The lowest BCUT2D eigenvalue weighted by molar-refractivity contribution is 0.156. The predicted octanol–water partition coefficient (Wildman–Crippen LogP) is 0.0697. The smallest absolute Gasteiger partial charge is 0.214 e. The van der Waals surface area contributed by atoms with Gasteiger partial charge in [-0.25, -0.2) is 13.1 Å². The molecule has 0 heterocycles. The second-order valence-electron chi connectivity index (χ2n) is 5.12. The van der Waals surface area contributed by atoms with E-state index in [1.165, 1.54) is 19.3 Å². The molecule has 100 valence electrons. The van der Waals surface area contributed by atoms with Crippen molar-refractivity contribution in [2.24, 2.45) is 17.6 Å². The number of nitrogens with one attached hydrogen (secondary N) is 1. The monoisotopic (exact) mass is 262 g/mol. The summed E-state index contributed by atoms with van der Waals surface area (Å²) in [7, 11) is -3.18. The van der Waals surface area contributed by atoms with E-state index in [1.807, 2.05) is 0 Å². The molecule has 0 amide bonds. The van der Waals surface area contributed by atoms with E-state index in [4.69, 9.17) is 10.5 Å². The average molecular weight is 262 g/mol. The minimum Gasteiger partial charge on any atom is -0.379 e. The molecule has 2 aliphatic rings. The molecule has 0 aromatic rings. The summed E-state index contributed by atoms with van der Waals surface area (Å²) in [4.78, 5) is 0. The standard InChI is InChI=1S/C11H22N2O3S/c12-3-4-16-5-6-17(14,15)13-11-8-9-1-2-10(11)7-9/h9-11,13H,1-8,12H2. The summed E-state index contributed by atoms with van der Waals surface area (Å²) in [6, 6.07) is 0.174. The van der Waals surface area contributed by atoms with Crippen LogP contribution in [-0.4, -0.2) is 40.0 Å². The molecule has 0 radical (unpaired) electrons. The highest BCUT2D eigenvalue weighted by Crippen LogP contribution is 2.44. The normalized spacial score (nSPS) is 32.2. The van der Waals surface area contributed by atoms with Crippen molar-refractivity contribution in [3.63, 3.8) is 0 Å². The Morgan fingerprint density at radius 1 is 1.24 bits per heavy atom. The zero-order valence-electron chi connectivity index (χ0n) is 10.1. The van der Waals surface area contributed by atoms with E-state index in [-0.39, 0.29) is 18.4 Å². The summed E-state index contributed by atoms with van der Waals surface area (Å²) in [6.07, 6.45) is 4.69. The largest absolute Gasteiger partial charge is 0.379 e. The van der Waals surface area contributed by atoms with Crippen LogP contribution in [0, 0.1) is 11.8 Å². The Balaban J connectivity index is 1.73. The van der Waals surface area contributed by atoms with Crippen LogP contribution in [-0.2, 0) is 14.8 Å². The van der Waals surface area contributed by atoms with Crippen molar-refractivity contribution in [3.05, 3.63) is 0 Å². The number of rotatable bonds is 7. The lowest BCUT2D eigenvalue weighted by atomic mass is 9.96. The number of fused-ring (bicyclic) bond motifs is 2. The molecule has 2 aliphatic carbocycles. The van der Waals surface area contributed by atoms with Crippen molar-refractivity contribution in [1.29, 1.82) is 0 Å². The minimum atomic E-state index is -3.18. The van der Waals surface area contributed by atoms with Crippen LogP contribution in [0.5, 0.6) is 0 Å². The SMILES string of the molecule is NCCOCCS(=O)(=O)NC1CC2CCC1C2. The molecule has 0 spiro atoms. The van der Waals surface area contributed by atoms with Gasteiger partial charge in [-0.05, 0) is 31.1 Å². The highest BCUT2D eigenvalue weighted by molar-refractivity contribution is 7.89. The van der Waals surface area contributed by atoms with E-state index >= 15 is 0 Å². The molecule has 3 atom stereocenters. The predicted molar refractivity (Wildman–Crippen MR) is 66.0 cm³/mol. The van der Waals surface area contributed by atoms with Gasteiger partial charge in [-0.2, -0.15) is 0 Å². The molecule has 2 fully saturated rings. The molecule has 0 saturated heterocycles. The summed E-state index contributed by atoms with van der Waals surface area (Å²) in [6.45, 7) is 1.08. The van der Waals surface area contributed by atoms with Crippen LogP contribution in [0.2, 0.25) is 0 Å². The van der Waals surface area contributed by atoms with Gasteiger partial charge >= 0.3 is 0 Å². The third kappa shape index (κ3) is 3.64. The van der Waals surface area contributed by atoms with Gasteiger partial charge in [0.15, 0.2) is 0 Å². The molecule has 0 aromatic heterocycles. The molecule has 17 heavy (non-hydrogen) atoms. The van der Waals surface area contributed by atoms with Crippen molar-refractivity contribution in [3.8, 4) is 0 Å². The molecule has 2 saturated carbocycles. The zero-order chi connectivity index (χ0) is 12.3. The molecular weight excluding hydrogens is 240 g/mol. The van der Waals surface area contributed by atoms with Crippen molar-refractivity contribution >= 4 is 10.0 Å². The van der Waals surface area contributed by atoms with Gasteiger partial charge in [-0.3, -0.25) is 0 Å². The van der Waals surface area contributed by atoms with E-state index in [0.29, 0.717) is 19.1 Å². The van der Waals surface area contributed by atoms with Crippen LogP contribution in [0.1, 0.15) is 25.7 Å². The van der Waals surface area contributed by atoms with Crippen LogP contribution in [0.25, 0.3) is 0 Å². The first-order chi connectivity index (χ1) is 8.11. The number of ether oxygens (including phenoxy) is 1. The van der Waals surface area contributed by atoms with Gasteiger partial charge < -0.3 is 10.5 Å². The quantitative estimate of drug-likeness (QED) is 0.636. The van der Waals surface area contributed by atoms with Crippen LogP contribution in [0.4, 0.5) is 0 Å². The lowest BCUT2D eigenvalue weighted by Crippen LogP contribution is -2.40. The summed E-state index contributed by atoms with van der Waals surface area (Å²) < 4.78 is 31.5. The van der Waals surface area contributed by atoms with Crippen molar-refractivity contribution in [2.45, 2.75) is 31.7 Å². The van der Waals surface area contributed by atoms with E-state index in [2.05, 4.69) is 4.72 Å². The Bertz CT molecular complexity index is 345. The average Bonchev–Trinajstić information content (AvgIpc) is 2.85. The van der Waals surface area contributed by atoms with Gasteiger partial charge in [0.25, 0.3) is 0 Å². The summed E-state index contributed by atoms with van der Waals surface area (Å²) in [5.74, 6) is 1.36. The van der Waals surface area contributed by atoms with E-state index in [1.54, 1.807) is 0 Å². The van der Waals surface area contributed by atoms with Crippen LogP contribution >= 0.6 is 0 Å². The zero-order valence-corrected chi connectivity index (χ0v) is 10.9. The van der Waals surface area contributed by atoms with Gasteiger partial charge in [0.2, 0.25) is 10.0 Å². The van der Waals surface area contributed by atoms with Gasteiger partial charge in [0, 0.05) is 12.6 Å². The highest BCUT2D eigenvalue weighted by Gasteiger charge is 2.40. The Kier molecular flexibility index (Phi) is 4.41. The molecule has 3 N–H and O–H groups in total. The van der Waals surface area contributed by atoms with Crippen LogP contribution in [0.3, 0.4) is 0 Å². The lowest BCUT2D eigenvalue weighted by Gasteiger charge is -2.22. The fourth-order valence-electron chi connectivity index (χ4n) is 3.03. The maximum absolute atomic E-state index is 11.8. The maximum atomic E-state index is 11.8. The fraction of sp³-hybridized carbons (Fsp3) is 1.00. The Labute approximate surface area is 103 Å². The Morgan fingerprint density at radius 3 is 2.65 bits per heavy atom. The third-order valence-corrected chi connectivity index (χ3v) is 5.19. The number of sulfonamides is 1. The number of nitrogens with two attached hydrogens (primary N) is 1. The first-order valence-electron chi connectivity index (χ1n) is 6.38. The summed E-state index contributed by atoms with van der Waals surface area (Å²) in [5.41, 5.74) is 5.26. The van der Waals surface area contributed by atoms with E-state index in [9.17, 15) is 8.42 Å². The number of hydrogen-bond donors (Lipinski definition) is 2. The second kappa shape index (κ2) is 5.65. The van der Waals surface area contributed by atoms with Gasteiger partial charge in [-0.15, -0.1) is 0 Å². The van der Waals surface area contributed by atoms with Crippen molar-refractivity contribution < 1.29 is 13.2 Å². The molecule has 2 bridgehead atoms. The first kappa shape index (κ1) is 13.3. The number of hydrogen-bond acceptors (Lipinski definition) is 4. The molecule has 0 aliphatic heterocycles. The second-order valence-corrected chi connectivity index (χ2v) is 6.99. The maximum Gasteiger partial charge on any atom is 0.214 e.